The molecule has 1 aliphatic rings. The molecular formula is C18H23NO4. The van der Waals surface area contributed by atoms with Crippen molar-refractivity contribution >= 4 is 18.0 Å². The van der Waals surface area contributed by atoms with Gasteiger partial charge in [0.2, 0.25) is 5.91 Å². The SMILES string of the molecule is COc1cc(C)c(/C=C/C(=O)N2CCCC(C(=O)O)C2)c(C)c1. The van der Waals surface area contributed by atoms with Gasteiger partial charge in [-0.05, 0) is 61.6 Å². The van der Waals surface area contributed by atoms with Crippen LogP contribution in [0.5, 0.6) is 5.75 Å². The maximum Gasteiger partial charge on any atom is 0.308 e. The molecule has 1 aliphatic heterocycles. The number of carboxylic acids is 1. The van der Waals surface area contributed by atoms with Crippen LogP contribution in [-0.4, -0.2) is 42.1 Å². The van der Waals surface area contributed by atoms with Gasteiger partial charge in [-0.3, -0.25) is 9.59 Å². The molecule has 0 saturated carbocycles. The number of hydrogen-bond acceptors (Lipinski definition) is 3. The Labute approximate surface area is 136 Å². The van der Waals surface area contributed by atoms with Gasteiger partial charge in [0.25, 0.3) is 0 Å². The summed E-state index contributed by atoms with van der Waals surface area (Å²) in [6, 6.07) is 3.86. The number of carbonyl (C=O) groups excluding carboxylic acids is 1. The van der Waals surface area contributed by atoms with Crippen molar-refractivity contribution in [1.29, 1.82) is 0 Å². The van der Waals surface area contributed by atoms with E-state index < -0.39 is 11.9 Å². The van der Waals surface area contributed by atoms with Crippen molar-refractivity contribution in [2.45, 2.75) is 26.7 Å². The third-order valence-electron chi connectivity index (χ3n) is 4.28. The number of piperidine rings is 1. The van der Waals surface area contributed by atoms with E-state index in [2.05, 4.69) is 0 Å². The predicted octanol–water partition coefficient (Wildman–Crippen LogP) is 2.65. The van der Waals surface area contributed by atoms with Gasteiger partial charge in [0.15, 0.2) is 0 Å². The smallest absolute Gasteiger partial charge is 0.308 e. The summed E-state index contributed by atoms with van der Waals surface area (Å²) < 4.78 is 5.23. The molecule has 1 aromatic rings. The summed E-state index contributed by atoms with van der Waals surface area (Å²) in [4.78, 5) is 25.0. The molecular weight excluding hydrogens is 294 g/mol. The van der Waals surface area contributed by atoms with Crippen LogP contribution >= 0.6 is 0 Å². The first-order chi connectivity index (χ1) is 10.9. The third-order valence-corrected chi connectivity index (χ3v) is 4.28. The van der Waals surface area contributed by atoms with E-state index in [4.69, 9.17) is 9.84 Å². The molecule has 1 unspecified atom stereocenters. The minimum Gasteiger partial charge on any atom is -0.497 e. The lowest BCUT2D eigenvalue weighted by Gasteiger charge is -2.29. The normalized spacial score (nSPS) is 18.2. The van der Waals surface area contributed by atoms with Crippen LogP contribution in [0.4, 0.5) is 0 Å². The fourth-order valence-corrected chi connectivity index (χ4v) is 2.95. The van der Waals surface area contributed by atoms with Gasteiger partial charge in [-0.15, -0.1) is 0 Å². The maximum atomic E-state index is 12.3. The maximum absolute atomic E-state index is 12.3. The number of hydrogen-bond donors (Lipinski definition) is 1. The lowest BCUT2D eigenvalue weighted by molar-refractivity contribution is -0.144. The van der Waals surface area contributed by atoms with Crippen molar-refractivity contribution in [1.82, 2.24) is 4.90 Å². The van der Waals surface area contributed by atoms with E-state index in [1.165, 1.54) is 6.08 Å². The van der Waals surface area contributed by atoms with E-state index >= 15 is 0 Å². The first-order valence-electron chi connectivity index (χ1n) is 7.77. The second kappa shape index (κ2) is 7.31. The molecule has 0 bridgehead atoms. The van der Waals surface area contributed by atoms with E-state index in [9.17, 15) is 9.59 Å². The minimum absolute atomic E-state index is 0.134. The highest BCUT2D eigenvalue weighted by Gasteiger charge is 2.27. The van der Waals surface area contributed by atoms with Crippen molar-refractivity contribution < 1.29 is 19.4 Å². The van der Waals surface area contributed by atoms with E-state index in [1.54, 1.807) is 18.1 Å². The Morgan fingerprint density at radius 2 is 1.96 bits per heavy atom. The van der Waals surface area contributed by atoms with Crippen molar-refractivity contribution in [2.24, 2.45) is 5.92 Å². The Morgan fingerprint density at radius 3 is 2.52 bits per heavy atom. The Kier molecular flexibility index (Phi) is 5.42. The fourth-order valence-electron chi connectivity index (χ4n) is 2.95. The molecule has 124 valence electrons. The number of aliphatic carboxylic acids is 1. The van der Waals surface area contributed by atoms with Gasteiger partial charge < -0.3 is 14.7 Å². The van der Waals surface area contributed by atoms with Gasteiger partial charge in [-0.1, -0.05) is 0 Å². The lowest BCUT2D eigenvalue weighted by atomic mass is 9.98. The summed E-state index contributed by atoms with van der Waals surface area (Å²) in [5.74, 6) is -0.617. The zero-order valence-electron chi connectivity index (χ0n) is 13.8. The molecule has 2 rings (SSSR count). The lowest BCUT2D eigenvalue weighted by Crippen LogP contribution is -2.41. The predicted molar refractivity (Wildman–Crippen MR) is 88.4 cm³/mol. The highest BCUT2D eigenvalue weighted by atomic mass is 16.5. The summed E-state index contributed by atoms with van der Waals surface area (Å²) in [6.07, 6.45) is 4.71. The summed E-state index contributed by atoms with van der Waals surface area (Å²) in [5, 5.41) is 9.10. The Hall–Kier alpha value is -2.30. The van der Waals surface area contributed by atoms with E-state index in [-0.39, 0.29) is 5.91 Å². The van der Waals surface area contributed by atoms with Gasteiger partial charge in [0.1, 0.15) is 5.75 Å². The van der Waals surface area contributed by atoms with Crippen LogP contribution in [0.15, 0.2) is 18.2 Å². The van der Waals surface area contributed by atoms with Crippen molar-refractivity contribution in [3.05, 3.63) is 34.9 Å². The van der Waals surface area contributed by atoms with E-state index in [1.807, 2.05) is 26.0 Å². The second-order valence-corrected chi connectivity index (χ2v) is 5.97. The number of carboxylic acid groups (broad SMARTS) is 1. The van der Waals surface area contributed by atoms with Crippen LogP contribution in [0.1, 0.15) is 29.5 Å². The first kappa shape index (κ1) is 17.1. The molecule has 5 heteroatoms. The highest BCUT2D eigenvalue weighted by Crippen LogP contribution is 2.23. The van der Waals surface area contributed by atoms with Crippen LogP contribution < -0.4 is 4.74 Å². The fraction of sp³-hybridized carbons (Fsp3) is 0.444. The molecule has 5 nitrogen and oxygen atoms in total. The number of amides is 1. The summed E-state index contributed by atoms with van der Waals surface area (Å²) in [6.45, 7) is 4.86. The first-order valence-corrected chi connectivity index (χ1v) is 7.77. The van der Waals surface area contributed by atoms with Gasteiger partial charge in [0, 0.05) is 19.2 Å². The zero-order valence-corrected chi connectivity index (χ0v) is 13.8. The number of carbonyl (C=O) groups is 2. The zero-order chi connectivity index (χ0) is 17.0. The van der Waals surface area contributed by atoms with Crippen LogP contribution in [0.3, 0.4) is 0 Å². The quantitative estimate of drug-likeness (QED) is 0.867. The average Bonchev–Trinajstić information content (AvgIpc) is 2.53. The molecule has 0 aliphatic carbocycles. The molecule has 1 N–H and O–H groups in total. The number of benzene rings is 1. The van der Waals surface area contributed by atoms with E-state index in [0.717, 1.165) is 28.9 Å². The van der Waals surface area contributed by atoms with Crippen molar-refractivity contribution in [3.8, 4) is 5.75 Å². The average molecular weight is 317 g/mol. The standard InChI is InChI=1S/C18H23NO4/c1-12-9-15(23-3)10-13(2)16(12)6-7-17(20)19-8-4-5-14(11-19)18(21)22/h6-7,9-10,14H,4-5,8,11H2,1-3H3,(H,21,22)/b7-6+. The Balaban J connectivity index is 2.11. The van der Waals surface area contributed by atoms with Crippen LogP contribution in [0.2, 0.25) is 0 Å². The molecule has 1 heterocycles. The van der Waals surface area contributed by atoms with Gasteiger partial charge >= 0.3 is 5.97 Å². The third kappa shape index (κ3) is 4.12. The molecule has 1 atom stereocenters. The van der Waals surface area contributed by atoms with Crippen molar-refractivity contribution in [3.63, 3.8) is 0 Å². The van der Waals surface area contributed by atoms with Gasteiger partial charge in [-0.2, -0.15) is 0 Å². The molecule has 0 aromatic heterocycles. The monoisotopic (exact) mass is 317 g/mol. The summed E-state index contributed by atoms with van der Waals surface area (Å²) in [7, 11) is 1.63. The van der Waals surface area contributed by atoms with Gasteiger partial charge in [-0.25, -0.2) is 0 Å². The van der Waals surface area contributed by atoms with Crippen LogP contribution in [0, 0.1) is 19.8 Å². The highest BCUT2D eigenvalue weighted by molar-refractivity contribution is 5.92. The van der Waals surface area contributed by atoms with Crippen molar-refractivity contribution in [2.75, 3.05) is 20.2 Å². The molecule has 1 aromatic carbocycles. The number of ether oxygens (including phenoxy) is 1. The van der Waals surface area contributed by atoms with Gasteiger partial charge in [0.05, 0.1) is 13.0 Å². The number of nitrogens with zero attached hydrogens (tertiary/aromatic N) is 1. The Bertz CT molecular complexity index is 613. The number of methoxy groups -OCH3 is 1. The molecule has 1 amide bonds. The molecule has 0 spiro atoms. The Morgan fingerprint density at radius 1 is 1.30 bits per heavy atom. The second-order valence-electron chi connectivity index (χ2n) is 5.97. The van der Waals surface area contributed by atoms with Crippen LogP contribution in [0.25, 0.3) is 6.08 Å². The minimum atomic E-state index is -0.826. The molecule has 0 radical (unpaired) electrons. The summed E-state index contributed by atoms with van der Waals surface area (Å²) in [5.41, 5.74) is 3.06. The molecule has 23 heavy (non-hydrogen) atoms. The number of likely N-dealkylation sites (tertiary alicyclic amines) is 1. The topological polar surface area (TPSA) is 66.8 Å². The molecule has 1 saturated heterocycles. The largest absolute Gasteiger partial charge is 0.497 e. The molecule has 1 fully saturated rings. The van der Waals surface area contributed by atoms with Crippen LogP contribution in [-0.2, 0) is 9.59 Å². The number of aryl methyl sites for hydroxylation is 2. The van der Waals surface area contributed by atoms with E-state index in [0.29, 0.717) is 19.5 Å². The summed E-state index contributed by atoms with van der Waals surface area (Å²) >= 11 is 0. The number of rotatable bonds is 4.